The lowest BCUT2D eigenvalue weighted by atomic mass is 10.0. The summed E-state index contributed by atoms with van der Waals surface area (Å²) in [6.07, 6.45) is -6.44. The van der Waals surface area contributed by atoms with Crippen LogP contribution in [0.4, 0.5) is 26.3 Å². The molecule has 152 valence electrons. The van der Waals surface area contributed by atoms with Gasteiger partial charge in [0.2, 0.25) is 0 Å². The summed E-state index contributed by atoms with van der Waals surface area (Å²) in [5, 5.41) is 10.3. The SMILES string of the molecule is O=C(NCc1nnc2n1CCCCC2)c1cc(C(F)(F)F)cc(C(F)(F)F)c1. The average Bonchev–Trinajstić information content (AvgIpc) is 2.84. The summed E-state index contributed by atoms with van der Waals surface area (Å²) < 4.78 is 79.3. The zero-order valence-corrected chi connectivity index (χ0v) is 14.5. The van der Waals surface area contributed by atoms with Gasteiger partial charge in [0.25, 0.3) is 5.91 Å². The van der Waals surface area contributed by atoms with Gasteiger partial charge in [0.05, 0.1) is 17.7 Å². The Hall–Kier alpha value is -2.59. The second kappa shape index (κ2) is 7.44. The number of hydrogen-bond acceptors (Lipinski definition) is 3. The molecule has 2 aromatic rings. The van der Waals surface area contributed by atoms with Gasteiger partial charge in [-0.3, -0.25) is 4.79 Å². The van der Waals surface area contributed by atoms with Gasteiger partial charge in [-0.25, -0.2) is 0 Å². The Kier molecular flexibility index (Phi) is 5.35. The number of nitrogens with zero attached hydrogens (tertiary/aromatic N) is 3. The second-order valence-electron chi connectivity index (χ2n) is 6.47. The van der Waals surface area contributed by atoms with E-state index in [0.717, 1.165) is 31.5 Å². The summed E-state index contributed by atoms with van der Waals surface area (Å²) >= 11 is 0. The van der Waals surface area contributed by atoms with E-state index in [9.17, 15) is 31.1 Å². The first-order valence-electron chi connectivity index (χ1n) is 8.54. The molecule has 0 fully saturated rings. The van der Waals surface area contributed by atoms with Crippen LogP contribution < -0.4 is 5.32 Å². The van der Waals surface area contributed by atoms with E-state index in [2.05, 4.69) is 15.5 Å². The van der Waals surface area contributed by atoms with Gasteiger partial charge in [0.15, 0.2) is 5.82 Å². The Morgan fingerprint density at radius 2 is 1.61 bits per heavy atom. The molecule has 3 rings (SSSR count). The van der Waals surface area contributed by atoms with E-state index in [0.29, 0.717) is 24.5 Å². The standard InChI is InChI=1S/C17H16F6N4O/c18-16(19,20)11-6-10(7-12(8-11)17(21,22)23)15(28)24-9-14-26-25-13-4-2-1-3-5-27(13)14/h6-8H,1-5,9H2,(H,24,28). The average molecular weight is 406 g/mol. The molecular weight excluding hydrogens is 390 g/mol. The van der Waals surface area contributed by atoms with Crippen molar-refractivity contribution in [3.63, 3.8) is 0 Å². The number of benzene rings is 1. The lowest BCUT2D eigenvalue weighted by Crippen LogP contribution is -2.26. The minimum atomic E-state index is -5.01. The molecule has 0 unspecified atom stereocenters. The van der Waals surface area contributed by atoms with Gasteiger partial charge in [-0.05, 0) is 31.0 Å². The summed E-state index contributed by atoms with van der Waals surface area (Å²) in [5.41, 5.74) is -3.80. The highest BCUT2D eigenvalue weighted by molar-refractivity contribution is 5.94. The van der Waals surface area contributed by atoms with Crippen molar-refractivity contribution in [2.45, 2.75) is 51.1 Å². The third-order valence-corrected chi connectivity index (χ3v) is 4.44. The molecule has 0 spiro atoms. The van der Waals surface area contributed by atoms with Crippen LogP contribution in [0.25, 0.3) is 0 Å². The van der Waals surface area contributed by atoms with E-state index in [-0.39, 0.29) is 12.6 Å². The van der Waals surface area contributed by atoms with Crippen LogP contribution in [0.5, 0.6) is 0 Å². The van der Waals surface area contributed by atoms with E-state index in [1.807, 2.05) is 4.57 Å². The van der Waals surface area contributed by atoms with Gasteiger partial charge in [-0.1, -0.05) is 6.42 Å². The number of rotatable bonds is 3. The number of halogens is 6. The number of nitrogens with one attached hydrogen (secondary N) is 1. The van der Waals surface area contributed by atoms with Crippen LogP contribution in [-0.2, 0) is 31.9 Å². The molecule has 1 N–H and O–H groups in total. The minimum absolute atomic E-state index is 0.0187. The molecule has 0 radical (unpaired) electrons. The third kappa shape index (κ3) is 4.45. The van der Waals surface area contributed by atoms with Crippen molar-refractivity contribution in [2.75, 3.05) is 0 Å². The number of carbonyl (C=O) groups is 1. The number of carbonyl (C=O) groups excluding carboxylic acids is 1. The predicted molar refractivity (Wildman–Crippen MR) is 85.2 cm³/mol. The Balaban J connectivity index is 1.82. The van der Waals surface area contributed by atoms with Crippen molar-refractivity contribution in [3.8, 4) is 0 Å². The minimum Gasteiger partial charge on any atom is -0.345 e. The largest absolute Gasteiger partial charge is 0.416 e. The molecule has 1 aliphatic rings. The zero-order valence-electron chi connectivity index (χ0n) is 14.5. The topological polar surface area (TPSA) is 59.8 Å². The summed E-state index contributed by atoms with van der Waals surface area (Å²) in [6, 6.07) is 0.777. The maximum Gasteiger partial charge on any atom is 0.416 e. The Labute approximate surface area is 155 Å². The maximum atomic E-state index is 12.9. The summed E-state index contributed by atoms with van der Waals surface area (Å²) in [4.78, 5) is 12.2. The summed E-state index contributed by atoms with van der Waals surface area (Å²) in [7, 11) is 0. The molecule has 5 nitrogen and oxygen atoms in total. The first-order chi connectivity index (χ1) is 13.1. The maximum absolute atomic E-state index is 12.9. The van der Waals surface area contributed by atoms with Crippen molar-refractivity contribution in [1.82, 2.24) is 20.1 Å². The number of hydrogen-bond donors (Lipinski definition) is 1. The van der Waals surface area contributed by atoms with Crippen LogP contribution >= 0.6 is 0 Å². The molecule has 0 atom stereocenters. The Bertz CT molecular complexity index is 839. The van der Waals surface area contributed by atoms with Crippen LogP contribution in [0.2, 0.25) is 0 Å². The number of amides is 1. The molecular formula is C17H16F6N4O. The number of alkyl halides is 6. The van der Waals surface area contributed by atoms with E-state index in [1.165, 1.54) is 0 Å². The van der Waals surface area contributed by atoms with Crippen molar-refractivity contribution in [2.24, 2.45) is 0 Å². The van der Waals surface area contributed by atoms with Crippen LogP contribution in [0.3, 0.4) is 0 Å². The third-order valence-electron chi connectivity index (χ3n) is 4.44. The molecule has 1 aromatic heterocycles. The molecule has 2 heterocycles. The molecule has 0 aliphatic carbocycles. The molecule has 0 saturated carbocycles. The summed E-state index contributed by atoms with van der Waals surface area (Å²) in [6.45, 7) is 0.499. The van der Waals surface area contributed by atoms with Crippen molar-refractivity contribution in [1.29, 1.82) is 0 Å². The van der Waals surface area contributed by atoms with Crippen molar-refractivity contribution < 1.29 is 31.1 Å². The first kappa shape index (κ1) is 20.2. The summed E-state index contributed by atoms with van der Waals surface area (Å²) in [5.74, 6) is 0.107. The normalized spacial score (nSPS) is 15.1. The van der Waals surface area contributed by atoms with Gasteiger partial charge in [0.1, 0.15) is 5.82 Å². The van der Waals surface area contributed by atoms with Crippen LogP contribution in [0, 0.1) is 0 Å². The molecule has 1 aliphatic heterocycles. The van der Waals surface area contributed by atoms with Crippen molar-refractivity contribution >= 4 is 5.91 Å². The van der Waals surface area contributed by atoms with E-state index in [4.69, 9.17) is 0 Å². The molecule has 0 saturated heterocycles. The van der Waals surface area contributed by atoms with Crippen LogP contribution in [0.15, 0.2) is 18.2 Å². The van der Waals surface area contributed by atoms with E-state index >= 15 is 0 Å². The lowest BCUT2D eigenvalue weighted by Gasteiger charge is -2.14. The quantitative estimate of drug-likeness (QED) is 0.785. The fourth-order valence-corrected chi connectivity index (χ4v) is 3.02. The van der Waals surface area contributed by atoms with Gasteiger partial charge in [0, 0.05) is 18.5 Å². The highest BCUT2D eigenvalue weighted by Gasteiger charge is 2.37. The van der Waals surface area contributed by atoms with Gasteiger partial charge in [-0.15, -0.1) is 10.2 Å². The molecule has 11 heteroatoms. The molecule has 1 aromatic carbocycles. The Morgan fingerprint density at radius 1 is 0.964 bits per heavy atom. The zero-order chi connectivity index (χ0) is 20.5. The molecule has 1 amide bonds. The van der Waals surface area contributed by atoms with E-state index < -0.39 is 35.0 Å². The van der Waals surface area contributed by atoms with Gasteiger partial charge < -0.3 is 9.88 Å². The molecule has 28 heavy (non-hydrogen) atoms. The monoisotopic (exact) mass is 406 g/mol. The lowest BCUT2D eigenvalue weighted by molar-refractivity contribution is -0.143. The first-order valence-corrected chi connectivity index (χ1v) is 8.54. The predicted octanol–water partition coefficient (Wildman–Crippen LogP) is 3.97. The number of aryl methyl sites for hydroxylation is 1. The Morgan fingerprint density at radius 3 is 2.21 bits per heavy atom. The fraction of sp³-hybridized carbons (Fsp3) is 0.471. The van der Waals surface area contributed by atoms with Crippen molar-refractivity contribution in [3.05, 3.63) is 46.5 Å². The van der Waals surface area contributed by atoms with Crippen LogP contribution in [0.1, 0.15) is 52.4 Å². The smallest absolute Gasteiger partial charge is 0.345 e. The second-order valence-corrected chi connectivity index (χ2v) is 6.47. The highest BCUT2D eigenvalue weighted by atomic mass is 19.4. The van der Waals surface area contributed by atoms with E-state index in [1.54, 1.807) is 0 Å². The van der Waals surface area contributed by atoms with Gasteiger partial charge in [-0.2, -0.15) is 26.3 Å². The molecule has 0 bridgehead atoms. The highest BCUT2D eigenvalue weighted by Crippen LogP contribution is 2.36. The number of aromatic nitrogens is 3. The van der Waals surface area contributed by atoms with Crippen LogP contribution in [-0.4, -0.2) is 20.7 Å². The number of fused-ring (bicyclic) bond motifs is 1. The fourth-order valence-electron chi connectivity index (χ4n) is 3.02. The van der Waals surface area contributed by atoms with Gasteiger partial charge >= 0.3 is 12.4 Å².